The number of halogens is 2. The van der Waals surface area contributed by atoms with E-state index in [9.17, 15) is 8.78 Å². The molecule has 0 amide bonds. The van der Waals surface area contributed by atoms with Gasteiger partial charge < -0.3 is 10.1 Å². The first-order valence-corrected chi connectivity index (χ1v) is 6.36. The van der Waals surface area contributed by atoms with Gasteiger partial charge in [0.1, 0.15) is 0 Å². The lowest BCUT2D eigenvalue weighted by molar-refractivity contribution is 0.0818. The predicted octanol–water partition coefficient (Wildman–Crippen LogP) is 3.18. The number of methoxy groups -OCH3 is 1. The van der Waals surface area contributed by atoms with Crippen molar-refractivity contribution < 1.29 is 13.5 Å². The highest BCUT2D eigenvalue weighted by atomic mass is 19.2. The predicted molar refractivity (Wildman–Crippen MR) is 66.3 cm³/mol. The fourth-order valence-electron chi connectivity index (χ4n) is 2.66. The van der Waals surface area contributed by atoms with Crippen LogP contribution in [0.4, 0.5) is 8.78 Å². The summed E-state index contributed by atoms with van der Waals surface area (Å²) in [5.41, 5.74) is 0.372. The van der Waals surface area contributed by atoms with Crippen LogP contribution in [0.2, 0.25) is 0 Å². The van der Waals surface area contributed by atoms with Crippen molar-refractivity contribution in [1.82, 2.24) is 5.32 Å². The second-order valence-corrected chi connectivity index (χ2v) is 4.84. The second kappa shape index (κ2) is 5.76. The van der Waals surface area contributed by atoms with Crippen LogP contribution in [0.5, 0.6) is 0 Å². The molecule has 3 atom stereocenters. The first-order valence-electron chi connectivity index (χ1n) is 6.36. The fraction of sp³-hybridized carbons (Fsp3) is 0.571. The van der Waals surface area contributed by atoms with Crippen molar-refractivity contribution in [2.24, 2.45) is 0 Å². The third-order valence-corrected chi connectivity index (χ3v) is 3.67. The van der Waals surface area contributed by atoms with E-state index in [1.807, 2.05) is 6.92 Å². The number of benzene rings is 1. The highest BCUT2D eigenvalue weighted by Crippen LogP contribution is 2.26. The lowest BCUT2D eigenvalue weighted by Crippen LogP contribution is -2.38. The Morgan fingerprint density at radius 1 is 1.33 bits per heavy atom. The van der Waals surface area contributed by atoms with Crippen LogP contribution in [0.15, 0.2) is 18.2 Å². The maximum atomic E-state index is 13.7. The minimum atomic E-state index is -0.795. The maximum absolute atomic E-state index is 13.7. The molecule has 18 heavy (non-hydrogen) atoms. The molecular formula is C14H19F2NO. The van der Waals surface area contributed by atoms with Crippen LogP contribution in [0.1, 0.15) is 37.8 Å². The summed E-state index contributed by atoms with van der Waals surface area (Å²) in [6.07, 6.45) is 3.31. The Balaban J connectivity index is 2.07. The van der Waals surface area contributed by atoms with Gasteiger partial charge in [0.15, 0.2) is 11.6 Å². The summed E-state index contributed by atoms with van der Waals surface area (Å²) < 4.78 is 32.2. The van der Waals surface area contributed by atoms with Gasteiger partial charge in [-0.25, -0.2) is 8.78 Å². The Morgan fingerprint density at radius 2 is 2.11 bits per heavy atom. The molecule has 1 aliphatic rings. The molecule has 1 aliphatic carbocycles. The van der Waals surface area contributed by atoms with Gasteiger partial charge in [0, 0.05) is 24.8 Å². The minimum absolute atomic E-state index is 0.170. The van der Waals surface area contributed by atoms with Crippen LogP contribution >= 0.6 is 0 Å². The van der Waals surface area contributed by atoms with Crippen LogP contribution in [0.25, 0.3) is 0 Å². The lowest BCUT2D eigenvalue weighted by atomic mass is 10.1. The van der Waals surface area contributed by atoms with Gasteiger partial charge in [0.25, 0.3) is 0 Å². The van der Waals surface area contributed by atoms with Gasteiger partial charge in [-0.1, -0.05) is 12.1 Å². The van der Waals surface area contributed by atoms with E-state index in [1.54, 1.807) is 13.2 Å². The number of rotatable bonds is 4. The van der Waals surface area contributed by atoms with Crippen molar-refractivity contribution in [3.05, 3.63) is 35.4 Å². The normalized spacial score (nSPS) is 25.3. The largest absolute Gasteiger partial charge is 0.380 e. The van der Waals surface area contributed by atoms with E-state index < -0.39 is 11.6 Å². The van der Waals surface area contributed by atoms with Gasteiger partial charge in [0.2, 0.25) is 0 Å². The molecular weight excluding hydrogens is 236 g/mol. The summed E-state index contributed by atoms with van der Waals surface area (Å²) in [5.74, 6) is -1.56. The monoisotopic (exact) mass is 255 g/mol. The Bertz CT molecular complexity index is 411. The molecule has 1 fully saturated rings. The summed E-state index contributed by atoms with van der Waals surface area (Å²) in [5, 5.41) is 3.33. The van der Waals surface area contributed by atoms with Crippen molar-refractivity contribution in [1.29, 1.82) is 0 Å². The summed E-state index contributed by atoms with van der Waals surface area (Å²) in [7, 11) is 1.69. The Morgan fingerprint density at radius 3 is 2.83 bits per heavy atom. The molecule has 0 aromatic heterocycles. The number of hydrogen-bond acceptors (Lipinski definition) is 2. The molecule has 0 aliphatic heterocycles. The first-order chi connectivity index (χ1) is 8.63. The van der Waals surface area contributed by atoms with Gasteiger partial charge in [-0.05, 0) is 32.3 Å². The molecule has 1 N–H and O–H groups in total. The van der Waals surface area contributed by atoms with Crippen LogP contribution in [0.3, 0.4) is 0 Å². The zero-order valence-corrected chi connectivity index (χ0v) is 10.7. The van der Waals surface area contributed by atoms with E-state index in [0.717, 1.165) is 25.3 Å². The molecule has 1 saturated carbocycles. The maximum Gasteiger partial charge on any atom is 0.163 e. The molecule has 0 bridgehead atoms. The van der Waals surface area contributed by atoms with Crippen molar-refractivity contribution in [3.8, 4) is 0 Å². The van der Waals surface area contributed by atoms with Crippen LogP contribution in [-0.2, 0) is 4.74 Å². The first kappa shape index (κ1) is 13.4. The Kier molecular flexibility index (Phi) is 4.30. The fourth-order valence-corrected chi connectivity index (χ4v) is 2.66. The van der Waals surface area contributed by atoms with E-state index in [4.69, 9.17) is 4.74 Å². The van der Waals surface area contributed by atoms with Crippen molar-refractivity contribution in [2.75, 3.05) is 7.11 Å². The molecule has 100 valence electrons. The lowest BCUT2D eigenvalue weighted by Gasteiger charge is -2.24. The third-order valence-electron chi connectivity index (χ3n) is 3.67. The zero-order valence-electron chi connectivity index (χ0n) is 10.7. The quantitative estimate of drug-likeness (QED) is 0.892. The minimum Gasteiger partial charge on any atom is -0.380 e. The number of hydrogen-bond donors (Lipinski definition) is 1. The molecule has 0 spiro atoms. The molecule has 2 rings (SSSR count). The van der Waals surface area contributed by atoms with Gasteiger partial charge in [0.05, 0.1) is 6.10 Å². The summed E-state index contributed by atoms with van der Waals surface area (Å²) >= 11 is 0. The van der Waals surface area contributed by atoms with E-state index in [1.165, 1.54) is 6.07 Å². The Hall–Kier alpha value is -1.00. The average Bonchev–Trinajstić information content (AvgIpc) is 2.79. The molecule has 2 nitrogen and oxygen atoms in total. The number of nitrogens with one attached hydrogen (secondary N) is 1. The standard InChI is InChI=1S/C14H19F2NO/c1-9(10-5-3-6-11(15)14(10)16)17-12-7-4-8-13(12)18-2/h3,5-6,9,12-13,17H,4,7-8H2,1-2H3. The molecule has 1 aromatic carbocycles. The van der Waals surface area contributed by atoms with E-state index in [2.05, 4.69) is 5.32 Å². The topological polar surface area (TPSA) is 21.3 Å². The third kappa shape index (κ3) is 2.70. The summed E-state index contributed by atoms with van der Waals surface area (Å²) in [6, 6.07) is 4.29. The van der Waals surface area contributed by atoms with Gasteiger partial charge >= 0.3 is 0 Å². The molecule has 0 saturated heterocycles. The highest BCUT2D eigenvalue weighted by molar-refractivity contribution is 5.22. The van der Waals surface area contributed by atoms with Crippen LogP contribution in [0, 0.1) is 11.6 Å². The number of ether oxygens (including phenoxy) is 1. The molecule has 4 heteroatoms. The zero-order chi connectivity index (χ0) is 13.1. The van der Waals surface area contributed by atoms with Crippen molar-refractivity contribution in [3.63, 3.8) is 0 Å². The van der Waals surface area contributed by atoms with E-state index in [0.29, 0.717) is 5.56 Å². The molecule has 1 aromatic rings. The van der Waals surface area contributed by atoms with Gasteiger partial charge in [-0.2, -0.15) is 0 Å². The van der Waals surface area contributed by atoms with Crippen LogP contribution in [-0.4, -0.2) is 19.3 Å². The summed E-state index contributed by atoms with van der Waals surface area (Å²) in [4.78, 5) is 0. The van der Waals surface area contributed by atoms with Crippen molar-refractivity contribution in [2.45, 2.75) is 44.4 Å². The van der Waals surface area contributed by atoms with E-state index in [-0.39, 0.29) is 18.2 Å². The van der Waals surface area contributed by atoms with Gasteiger partial charge in [-0.3, -0.25) is 0 Å². The van der Waals surface area contributed by atoms with Crippen molar-refractivity contribution >= 4 is 0 Å². The van der Waals surface area contributed by atoms with Crippen LogP contribution < -0.4 is 5.32 Å². The Labute approximate surface area is 106 Å². The molecule has 3 unspecified atom stereocenters. The smallest absolute Gasteiger partial charge is 0.163 e. The SMILES string of the molecule is COC1CCCC1NC(C)c1cccc(F)c1F. The van der Waals surface area contributed by atoms with Gasteiger partial charge in [-0.15, -0.1) is 0 Å². The summed E-state index contributed by atoms with van der Waals surface area (Å²) in [6.45, 7) is 1.85. The average molecular weight is 255 g/mol. The highest BCUT2D eigenvalue weighted by Gasteiger charge is 2.28. The molecule has 0 radical (unpaired) electrons. The second-order valence-electron chi connectivity index (χ2n) is 4.84. The molecule has 0 heterocycles. The van der Waals surface area contributed by atoms with E-state index >= 15 is 0 Å².